The van der Waals surface area contributed by atoms with E-state index in [1.54, 1.807) is 0 Å². The standard InChI is InChI=1S/C12H20N4O2/c1-4-12(5-2,18-6-3)11-15-7-8(10(14)17)9(13)16-11/h7H,4-6H2,1-3H3,(H2,14,17)(H2,13,15,16). The number of ether oxygens (including phenoxy) is 1. The molecule has 0 saturated heterocycles. The van der Waals surface area contributed by atoms with E-state index in [0.717, 1.165) is 12.8 Å². The van der Waals surface area contributed by atoms with Gasteiger partial charge in [-0.05, 0) is 19.8 Å². The van der Waals surface area contributed by atoms with Crippen LogP contribution in [0.3, 0.4) is 0 Å². The molecule has 0 bridgehead atoms. The van der Waals surface area contributed by atoms with Gasteiger partial charge in [0.05, 0.1) is 5.56 Å². The fraction of sp³-hybridized carbons (Fsp3) is 0.583. The molecule has 4 N–H and O–H groups in total. The van der Waals surface area contributed by atoms with Gasteiger partial charge in [-0.25, -0.2) is 9.97 Å². The maximum atomic E-state index is 11.1. The molecule has 0 spiro atoms. The van der Waals surface area contributed by atoms with Crippen LogP contribution in [0.1, 0.15) is 49.8 Å². The Morgan fingerprint density at radius 3 is 2.39 bits per heavy atom. The molecule has 1 aromatic heterocycles. The number of aromatic nitrogens is 2. The molecule has 0 fully saturated rings. The fourth-order valence-electron chi connectivity index (χ4n) is 1.92. The first-order valence-corrected chi connectivity index (χ1v) is 6.07. The van der Waals surface area contributed by atoms with Crippen molar-refractivity contribution in [3.8, 4) is 0 Å². The number of carbonyl (C=O) groups excluding carboxylic acids is 1. The number of carbonyl (C=O) groups is 1. The lowest BCUT2D eigenvalue weighted by molar-refractivity contribution is -0.0570. The third kappa shape index (κ3) is 2.59. The summed E-state index contributed by atoms with van der Waals surface area (Å²) in [5, 5.41) is 0. The Labute approximate surface area is 107 Å². The zero-order chi connectivity index (χ0) is 13.8. The zero-order valence-corrected chi connectivity index (χ0v) is 11.1. The van der Waals surface area contributed by atoms with Crippen molar-refractivity contribution in [1.29, 1.82) is 0 Å². The van der Waals surface area contributed by atoms with Crippen LogP contribution in [-0.2, 0) is 10.3 Å². The van der Waals surface area contributed by atoms with E-state index in [0.29, 0.717) is 12.4 Å². The molecule has 1 heterocycles. The molecule has 0 saturated carbocycles. The first-order chi connectivity index (χ1) is 8.50. The van der Waals surface area contributed by atoms with Gasteiger partial charge in [0.2, 0.25) is 0 Å². The maximum Gasteiger partial charge on any atom is 0.254 e. The quantitative estimate of drug-likeness (QED) is 0.791. The van der Waals surface area contributed by atoms with Crippen LogP contribution in [0, 0.1) is 0 Å². The van der Waals surface area contributed by atoms with Crippen molar-refractivity contribution < 1.29 is 9.53 Å². The predicted molar refractivity (Wildman–Crippen MR) is 68.8 cm³/mol. The Morgan fingerprint density at radius 1 is 1.39 bits per heavy atom. The van der Waals surface area contributed by atoms with Crippen LogP contribution in [-0.4, -0.2) is 22.5 Å². The van der Waals surface area contributed by atoms with Crippen molar-refractivity contribution in [3.05, 3.63) is 17.6 Å². The zero-order valence-electron chi connectivity index (χ0n) is 11.1. The summed E-state index contributed by atoms with van der Waals surface area (Å²) in [7, 11) is 0. The van der Waals surface area contributed by atoms with Gasteiger partial charge in [0, 0.05) is 12.8 Å². The Morgan fingerprint density at radius 2 is 2.00 bits per heavy atom. The average molecular weight is 252 g/mol. The lowest BCUT2D eigenvalue weighted by atomic mass is 9.95. The predicted octanol–water partition coefficient (Wildman–Crippen LogP) is 1.21. The number of rotatable bonds is 6. The van der Waals surface area contributed by atoms with Gasteiger partial charge in [0.15, 0.2) is 5.82 Å². The van der Waals surface area contributed by atoms with Gasteiger partial charge in [-0.15, -0.1) is 0 Å². The van der Waals surface area contributed by atoms with Crippen molar-refractivity contribution in [2.24, 2.45) is 5.73 Å². The number of amides is 1. The van der Waals surface area contributed by atoms with E-state index in [-0.39, 0.29) is 11.4 Å². The number of nitrogens with zero attached hydrogens (tertiary/aromatic N) is 2. The molecule has 18 heavy (non-hydrogen) atoms. The molecule has 0 atom stereocenters. The highest BCUT2D eigenvalue weighted by Gasteiger charge is 2.32. The van der Waals surface area contributed by atoms with Crippen LogP contribution in [0.2, 0.25) is 0 Å². The number of anilines is 1. The molecule has 6 nitrogen and oxygen atoms in total. The summed E-state index contributed by atoms with van der Waals surface area (Å²) < 4.78 is 5.77. The van der Waals surface area contributed by atoms with Crippen LogP contribution in [0.25, 0.3) is 0 Å². The molecule has 1 aromatic rings. The van der Waals surface area contributed by atoms with E-state index < -0.39 is 11.5 Å². The number of primary amides is 1. The van der Waals surface area contributed by atoms with Crippen molar-refractivity contribution in [2.45, 2.75) is 39.2 Å². The number of nitrogen functional groups attached to an aromatic ring is 1. The third-order valence-electron chi connectivity index (χ3n) is 3.05. The third-order valence-corrected chi connectivity index (χ3v) is 3.05. The van der Waals surface area contributed by atoms with Gasteiger partial charge in [-0.2, -0.15) is 0 Å². The molecular weight excluding hydrogens is 232 g/mol. The van der Waals surface area contributed by atoms with E-state index in [1.807, 2.05) is 20.8 Å². The largest absolute Gasteiger partial charge is 0.383 e. The highest BCUT2D eigenvalue weighted by molar-refractivity contribution is 5.96. The van der Waals surface area contributed by atoms with Crippen LogP contribution >= 0.6 is 0 Å². The van der Waals surface area contributed by atoms with Crippen molar-refractivity contribution >= 4 is 11.7 Å². The van der Waals surface area contributed by atoms with Crippen LogP contribution < -0.4 is 11.5 Å². The lowest BCUT2D eigenvalue weighted by Gasteiger charge is -2.30. The number of nitrogens with two attached hydrogens (primary N) is 2. The smallest absolute Gasteiger partial charge is 0.254 e. The molecular formula is C12H20N4O2. The minimum absolute atomic E-state index is 0.0958. The summed E-state index contributed by atoms with van der Waals surface area (Å²) in [4.78, 5) is 19.4. The van der Waals surface area contributed by atoms with Gasteiger partial charge in [0.25, 0.3) is 5.91 Å². The summed E-state index contributed by atoms with van der Waals surface area (Å²) in [5.74, 6) is -0.0376. The van der Waals surface area contributed by atoms with Crippen molar-refractivity contribution in [3.63, 3.8) is 0 Å². The van der Waals surface area contributed by atoms with E-state index >= 15 is 0 Å². The summed E-state index contributed by atoms with van der Waals surface area (Å²) in [6.45, 7) is 6.48. The summed E-state index contributed by atoms with van der Waals surface area (Å²) >= 11 is 0. The van der Waals surface area contributed by atoms with E-state index in [1.165, 1.54) is 6.20 Å². The minimum atomic E-state index is -0.631. The second-order valence-corrected chi connectivity index (χ2v) is 3.99. The SMILES string of the molecule is CCOC(CC)(CC)c1ncc(C(N)=O)c(N)n1. The molecule has 0 aliphatic rings. The van der Waals surface area contributed by atoms with Crippen LogP contribution in [0.15, 0.2) is 6.20 Å². The van der Waals surface area contributed by atoms with Gasteiger partial charge in [-0.3, -0.25) is 4.79 Å². The minimum Gasteiger partial charge on any atom is -0.383 e. The fourth-order valence-corrected chi connectivity index (χ4v) is 1.92. The second-order valence-electron chi connectivity index (χ2n) is 3.99. The number of hydrogen-bond donors (Lipinski definition) is 2. The molecule has 6 heteroatoms. The molecule has 100 valence electrons. The Kier molecular flexibility index (Phi) is 4.61. The average Bonchev–Trinajstić information content (AvgIpc) is 2.35. The Balaban J connectivity index is 3.22. The molecule has 0 aromatic carbocycles. The van der Waals surface area contributed by atoms with Crippen molar-refractivity contribution in [1.82, 2.24) is 9.97 Å². The Bertz CT molecular complexity index is 430. The molecule has 1 amide bonds. The molecule has 0 radical (unpaired) electrons. The summed E-state index contributed by atoms with van der Waals surface area (Å²) in [6, 6.07) is 0. The molecule has 0 aliphatic carbocycles. The first-order valence-electron chi connectivity index (χ1n) is 6.07. The number of hydrogen-bond acceptors (Lipinski definition) is 5. The van der Waals surface area contributed by atoms with E-state index in [4.69, 9.17) is 16.2 Å². The topological polar surface area (TPSA) is 104 Å². The van der Waals surface area contributed by atoms with Gasteiger partial charge in [0.1, 0.15) is 11.4 Å². The Hall–Kier alpha value is -1.69. The van der Waals surface area contributed by atoms with Gasteiger partial charge >= 0.3 is 0 Å². The molecule has 1 rings (SSSR count). The monoisotopic (exact) mass is 252 g/mol. The second kappa shape index (κ2) is 5.77. The van der Waals surface area contributed by atoms with Crippen molar-refractivity contribution in [2.75, 3.05) is 12.3 Å². The molecule has 0 unspecified atom stereocenters. The summed E-state index contributed by atoms with van der Waals surface area (Å²) in [6.07, 6.45) is 2.82. The van der Waals surface area contributed by atoms with Gasteiger partial charge in [-0.1, -0.05) is 13.8 Å². The first kappa shape index (κ1) is 14.4. The van der Waals surface area contributed by atoms with E-state index in [2.05, 4.69) is 9.97 Å². The lowest BCUT2D eigenvalue weighted by Crippen LogP contribution is -2.31. The molecule has 0 aliphatic heterocycles. The normalized spacial score (nSPS) is 11.5. The summed E-state index contributed by atoms with van der Waals surface area (Å²) in [5.41, 5.74) is 10.5. The van der Waals surface area contributed by atoms with Gasteiger partial charge < -0.3 is 16.2 Å². The van der Waals surface area contributed by atoms with Crippen LogP contribution in [0.5, 0.6) is 0 Å². The highest BCUT2D eigenvalue weighted by Crippen LogP contribution is 2.31. The van der Waals surface area contributed by atoms with E-state index in [9.17, 15) is 4.79 Å². The maximum absolute atomic E-state index is 11.1. The van der Waals surface area contributed by atoms with Crippen LogP contribution in [0.4, 0.5) is 5.82 Å². The highest BCUT2D eigenvalue weighted by atomic mass is 16.5.